The van der Waals surface area contributed by atoms with Crippen molar-refractivity contribution >= 4 is 15.9 Å². The zero-order valence-corrected chi connectivity index (χ0v) is 10.5. The lowest BCUT2D eigenvalue weighted by atomic mass is 10.1. The Morgan fingerprint density at radius 1 is 1.07 bits per heavy atom. The Labute approximate surface area is 95.7 Å². The average molecular weight is 261 g/mol. The van der Waals surface area contributed by atoms with E-state index in [1.54, 1.807) is 0 Å². The molecule has 1 nitrogen and oxygen atoms in total. The van der Waals surface area contributed by atoms with Gasteiger partial charge in [0.15, 0.2) is 0 Å². The van der Waals surface area contributed by atoms with Crippen molar-refractivity contribution < 1.29 is 4.74 Å². The molecular weight excluding hydrogens is 240 g/mol. The Morgan fingerprint density at radius 3 is 2.21 bits per heavy atom. The first-order chi connectivity index (χ1) is 6.85. The van der Waals surface area contributed by atoms with Crippen molar-refractivity contribution in [1.82, 2.24) is 0 Å². The molecule has 82 valence electrons. The van der Waals surface area contributed by atoms with Gasteiger partial charge in [0.2, 0.25) is 0 Å². The molecule has 2 aliphatic carbocycles. The molecule has 2 fully saturated rings. The van der Waals surface area contributed by atoms with E-state index in [0.717, 1.165) is 11.9 Å². The van der Waals surface area contributed by atoms with Gasteiger partial charge in [-0.15, -0.1) is 0 Å². The lowest BCUT2D eigenvalue weighted by molar-refractivity contribution is 0.0191. The van der Waals surface area contributed by atoms with Crippen molar-refractivity contribution in [2.24, 2.45) is 5.41 Å². The molecule has 0 N–H and O–H groups in total. The number of ether oxygens (including phenoxy) is 1. The van der Waals surface area contributed by atoms with E-state index in [1.807, 2.05) is 0 Å². The second-order valence-corrected chi connectivity index (χ2v) is 5.62. The molecule has 14 heavy (non-hydrogen) atoms. The summed E-state index contributed by atoms with van der Waals surface area (Å²) in [6.45, 7) is 1.00. The first-order valence-corrected chi connectivity index (χ1v) is 7.14. The van der Waals surface area contributed by atoms with Gasteiger partial charge in [-0.2, -0.15) is 0 Å². The summed E-state index contributed by atoms with van der Waals surface area (Å²) in [5, 5.41) is 1.13. The molecule has 0 unspecified atom stereocenters. The molecule has 0 heterocycles. The number of hydrogen-bond donors (Lipinski definition) is 0. The van der Waals surface area contributed by atoms with E-state index in [9.17, 15) is 0 Å². The quantitative estimate of drug-likeness (QED) is 0.551. The van der Waals surface area contributed by atoms with Crippen LogP contribution in [-0.4, -0.2) is 18.0 Å². The van der Waals surface area contributed by atoms with Gasteiger partial charge in [-0.1, -0.05) is 41.6 Å². The zero-order chi connectivity index (χ0) is 9.86. The molecule has 0 spiro atoms. The number of halogens is 1. The van der Waals surface area contributed by atoms with Gasteiger partial charge in [0.25, 0.3) is 0 Å². The summed E-state index contributed by atoms with van der Waals surface area (Å²) in [4.78, 5) is 0. The van der Waals surface area contributed by atoms with Crippen LogP contribution in [0.25, 0.3) is 0 Å². The summed E-state index contributed by atoms with van der Waals surface area (Å²) < 4.78 is 6.05. The van der Waals surface area contributed by atoms with Crippen molar-refractivity contribution in [2.45, 2.75) is 57.5 Å². The topological polar surface area (TPSA) is 9.23 Å². The Morgan fingerprint density at radius 2 is 1.71 bits per heavy atom. The van der Waals surface area contributed by atoms with E-state index in [4.69, 9.17) is 4.74 Å². The van der Waals surface area contributed by atoms with Crippen LogP contribution in [0.2, 0.25) is 0 Å². The second-order valence-electron chi connectivity index (χ2n) is 5.06. The summed E-state index contributed by atoms with van der Waals surface area (Å²) in [6, 6.07) is 0. The van der Waals surface area contributed by atoms with Gasteiger partial charge in [0, 0.05) is 10.7 Å². The van der Waals surface area contributed by atoms with E-state index < -0.39 is 0 Å². The van der Waals surface area contributed by atoms with E-state index in [2.05, 4.69) is 15.9 Å². The highest BCUT2D eigenvalue weighted by molar-refractivity contribution is 9.09. The molecule has 0 aromatic rings. The molecule has 0 radical (unpaired) electrons. The molecule has 2 saturated carbocycles. The lowest BCUT2D eigenvalue weighted by Crippen LogP contribution is -2.19. The highest BCUT2D eigenvalue weighted by Gasteiger charge is 2.42. The molecule has 2 heteroatoms. The third kappa shape index (κ3) is 2.96. The van der Waals surface area contributed by atoms with Crippen molar-refractivity contribution in [1.29, 1.82) is 0 Å². The van der Waals surface area contributed by atoms with Crippen LogP contribution in [0.4, 0.5) is 0 Å². The predicted octanol–water partition coefficient (Wildman–Crippen LogP) is 3.90. The summed E-state index contributed by atoms with van der Waals surface area (Å²) in [5.41, 5.74) is 0.534. The summed E-state index contributed by atoms with van der Waals surface area (Å²) in [5.74, 6) is 0. The van der Waals surface area contributed by atoms with E-state index in [1.165, 1.54) is 51.4 Å². The Bertz CT molecular complexity index is 169. The highest BCUT2D eigenvalue weighted by Crippen LogP contribution is 2.47. The van der Waals surface area contributed by atoms with Crippen LogP contribution in [-0.2, 0) is 4.74 Å². The number of hydrogen-bond acceptors (Lipinski definition) is 1. The maximum Gasteiger partial charge on any atom is 0.0575 e. The maximum absolute atomic E-state index is 6.05. The third-order valence-corrected chi connectivity index (χ3v) is 4.86. The van der Waals surface area contributed by atoms with Crippen LogP contribution in [0, 0.1) is 5.41 Å². The van der Waals surface area contributed by atoms with Crippen molar-refractivity contribution in [3.05, 3.63) is 0 Å². The number of alkyl halides is 1. The summed E-state index contributed by atoms with van der Waals surface area (Å²) >= 11 is 3.59. The van der Waals surface area contributed by atoms with Crippen LogP contribution in [0.1, 0.15) is 51.4 Å². The normalized spacial score (nSPS) is 27.2. The Hall–Kier alpha value is 0.440. The number of rotatable bonds is 4. The minimum atomic E-state index is 0.534. The van der Waals surface area contributed by atoms with E-state index in [-0.39, 0.29) is 0 Å². The minimum absolute atomic E-state index is 0.534. The largest absolute Gasteiger partial charge is 0.378 e. The molecule has 0 atom stereocenters. The maximum atomic E-state index is 6.05. The molecule has 2 aliphatic rings. The van der Waals surface area contributed by atoms with Crippen molar-refractivity contribution in [3.8, 4) is 0 Å². The van der Waals surface area contributed by atoms with Crippen LogP contribution in [0.15, 0.2) is 0 Å². The van der Waals surface area contributed by atoms with Crippen molar-refractivity contribution in [2.75, 3.05) is 11.9 Å². The molecule has 2 rings (SSSR count). The molecule has 0 aliphatic heterocycles. The average Bonchev–Trinajstić information content (AvgIpc) is 3.01. The van der Waals surface area contributed by atoms with E-state index in [0.29, 0.717) is 11.5 Å². The Kier molecular flexibility index (Phi) is 3.89. The van der Waals surface area contributed by atoms with Gasteiger partial charge in [0.1, 0.15) is 0 Å². The van der Waals surface area contributed by atoms with Gasteiger partial charge < -0.3 is 4.74 Å². The van der Waals surface area contributed by atoms with Crippen LogP contribution in [0.3, 0.4) is 0 Å². The fraction of sp³-hybridized carbons (Fsp3) is 1.00. The molecule has 0 bridgehead atoms. The van der Waals surface area contributed by atoms with Gasteiger partial charge in [0.05, 0.1) is 12.7 Å². The first kappa shape index (κ1) is 10.9. The lowest BCUT2D eigenvalue weighted by Gasteiger charge is -2.19. The smallest absolute Gasteiger partial charge is 0.0575 e. The Balaban J connectivity index is 1.68. The monoisotopic (exact) mass is 260 g/mol. The third-order valence-electron chi connectivity index (χ3n) is 3.67. The minimum Gasteiger partial charge on any atom is -0.378 e. The first-order valence-electron chi connectivity index (χ1n) is 6.02. The van der Waals surface area contributed by atoms with Crippen LogP contribution in [0.5, 0.6) is 0 Å². The molecular formula is C12H21BrO. The standard InChI is InChI=1S/C12H21BrO/c13-9-12(7-8-12)10-14-11-5-3-1-2-4-6-11/h11H,1-10H2. The van der Waals surface area contributed by atoms with Crippen molar-refractivity contribution in [3.63, 3.8) is 0 Å². The SMILES string of the molecule is BrCC1(COC2CCCCCC2)CC1. The summed E-state index contributed by atoms with van der Waals surface area (Å²) in [6.07, 6.45) is 11.5. The zero-order valence-electron chi connectivity index (χ0n) is 8.93. The predicted molar refractivity (Wildman–Crippen MR) is 62.9 cm³/mol. The molecule has 0 saturated heterocycles. The van der Waals surface area contributed by atoms with Gasteiger partial charge in [-0.3, -0.25) is 0 Å². The van der Waals surface area contributed by atoms with Gasteiger partial charge in [-0.05, 0) is 25.7 Å². The van der Waals surface area contributed by atoms with E-state index >= 15 is 0 Å². The highest BCUT2D eigenvalue weighted by atomic mass is 79.9. The van der Waals surface area contributed by atoms with Crippen LogP contribution < -0.4 is 0 Å². The van der Waals surface area contributed by atoms with Crippen LogP contribution >= 0.6 is 15.9 Å². The second kappa shape index (κ2) is 4.98. The van der Waals surface area contributed by atoms with Gasteiger partial charge in [-0.25, -0.2) is 0 Å². The molecule has 0 aromatic heterocycles. The molecule has 0 amide bonds. The van der Waals surface area contributed by atoms with Gasteiger partial charge >= 0.3 is 0 Å². The fourth-order valence-electron chi connectivity index (χ4n) is 2.20. The molecule has 0 aromatic carbocycles. The fourth-order valence-corrected chi connectivity index (χ4v) is 2.92. The summed E-state index contributed by atoms with van der Waals surface area (Å²) in [7, 11) is 0.